The van der Waals surface area contributed by atoms with Crippen molar-refractivity contribution in [2.45, 2.75) is 26.5 Å². The van der Waals surface area contributed by atoms with Gasteiger partial charge < -0.3 is 4.74 Å². The summed E-state index contributed by atoms with van der Waals surface area (Å²) in [5.41, 5.74) is 3.82. The molecule has 1 nitrogen and oxygen atoms in total. The van der Waals surface area contributed by atoms with Gasteiger partial charge in [0.1, 0.15) is 5.75 Å². The number of aryl methyl sites for hydroxylation is 2. The van der Waals surface area contributed by atoms with E-state index in [2.05, 4.69) is 37.6 Å². The highest BCUT2D eigenvalue weighted by Gasteiger charge is 2.04. The molecule has 0 aliphatic carbocycles. The fourth-order valence-electron chi connectivity index (χ4n) is 1.39. The molecule has 1 rings (SSSR count). The van der Waals surface area contributed by atoms with E-state index < -0.39 is 0 Å². The van der Waals surface area contributed by atoms with E-state index in [4.69, 9.17) is 4.74 Å². The molecule has 0 spiro atoms. The first kappa shape index (κ1) is 11.8. The van der Waals surface area contributed by atoms with Crippen LogP contribution in [0.1, 0.15) is 23.6 Å². The summed E-state index contributed by atoms with van der Waals surface area (Å²) in [5, 5.41) is 0. The summed E-state index contributed by atoms with van der Waals surface area (Å²) in [4.78, 5) is 0. The Hall–Kier alpha value is -0.280. The molecule has 0 atom stereocenters. The van der Waals surface area contributed by atoms with Crippen LogP contribution in [0.3, 0.4) is 0 Å². The summed E-state index contributed by atoms with van der Waals surface area (Å²) in [6.45, 7) is 6.92. The number of thiol groups is 1. The van der Waals surface area contributed by atoms with Crippen LogP contribution in [-0.2, 0) is 5.75 Å². The van der Waals surface area contributed by atoms with E-state index in [1.807, 2.05) is 6.92 Å². The Kier molecular flexibility index (Phi) is 4.69. The Bertz CT molecular complexity index is 279. The fraction of sp³-hybridized carbons (Fsp3) is 0.455. The highest BCUT2D eigenvalue weighted by molar-refractivity contribution is 8.68. The molecule has 0 aromatic heterocycles. The fourth-order valence-corrected chi connectivity index (χ4v) is 2.25. The molecular formula is C11H16OS2. The van der Waals surface area contributed by atoms with Gasteiger partial charge in [0.15, 0.2) is 0 Å². The van der Waals surface area contributed by atoms with Crippen molar-refractivity contribution in [2.24, 2.45) is 0 Å². The van der Waals surface area contributed by atoms with Crippen molar-refractivity contribution in [1.82, 2.24) is 0 Å². The lowest BCUT2D eigenvalue weighted by Gasteiger charge is -2.11. The molecule has 0 N–H and O–H groups in total. The summed E-state index contributed by atoms with van der Waals surface area (Å²) in [5.74, 6) is 1.94. The zero-order valence-corrected chi connectivity index (χ0v) is 10.5. The summed E-state index contributed by atoms with van der Waals surface area (Å²) < 4.78 is 5.52. The summed E-state index contributed by atoms with van der Waals surface area (Å²) >= 11 is 4.17. The van der Waals surface area contributed by atoms with E-state index in [1.54, 1.807) is 10.8 Å². The van der Waals surface area contributed by atoms with Crippen molar-refractivity contribution in [3.8, 4) is 5.75 Å². The number of ether oxygens (including phenoxy) is 1. The standard InChI is InChI=1S/C11H16OS2/c1-4-12-11-6-8(2)10(7-14-13)5-9(11)3/h5-6,13H,4,7H2,1-3H3. The van der Waals surface area contributed by atoms with Gasteiger partial charge in [-0.15, -0.1) is 11.7 Å². The molecule has 0 fully saturated rings. The van der Waals surface area contributed by atoms with E-state index in [0.717, 1.165) is 18.1 Å². The molecule has 0 heterocycles. The van der Waals surface area contributed by atoms with Crippen LogP contribution in [0, 0.1) is 13.8 Å². The van der Waals surface area contributed by atoms with E-state index in [0.29, 0.717) is 0 Å². The van der Waals surface area contributed by atoms with Crippen LogP contribution in [0.25, 0.3) is 0 Å². The average Bonchev–Trinajstić information content (AvgIpc) is 2.14. The molecule has 78 valence electrons. The number of rotatable bonds is 4. The SMILES string of the molecule is CCOc1cc(C)c(CSS)cc1C. The van der Waals surface area contributed by atoms with Crippen LogP contribution in [0.15, 0.2) is 12.1 Å². The lowest BCUT2D eigenvalue weighted by molar-refractivity contribution is 0.337. The smallest absolute Gasteiger partial charge is 0.122 e. The molecule has 0 radical (unpaired) electrons. The van der Waals surface area contributed by atoms with Crippen molar-refractivity contribution >= 4 is 22.5 Å². The van der Waals surface area contributed by atoms with Gasteiger partial charge in [-0.1, -0.05) is 16.9 Å². The Labute approximate surface area is 95.0 Å². The molecule has 0 aliphatic heterocycles. The zero-order valence-electron chi connectivity index (χ0n) is 8.83. The number of benzene rings is 1. The largest absolute Gasteiger partial charge is 0.494 e. The van der Waals surface area contributed by atoms with Crippen molar-refractivity contribution in [2.75, 3.05) is 6.61 Å². The normalized spacial score (nSPS) is 10.3. The topological polar surface area (TPSA) is 9.23 Å². The van der Waals surface area contributed by atoms with Gasteiger partial charge in [-0.3, -0.25) is 0 Å². The first-order valence-corrected chi connectivity index (χ1v) is 6.72. The zero-order chi connectivity index (χ0) is 10.6. The van der Waals surface area contributed by atoms with Crippen molar-refractivity contribution < 1.29 is 4.74 Å². The van der Waals surface area contributed by atoms with Gasteiger partial charge in [0.2, 0.25) is 0 Å². The van der Waals surface area contributed by atoms with E-state index in [-0.39, 0.29) is 0 Å². The van der Waals surface area contributed by atoms with Crippen LogP contribution in [0.5, 0.6) is 5.75 Å². The van der Waals surface area contributed by atoms with Crippen LogP contribution in [-0.4, -0.2) is 6.61 Å². The van der Waals surface area contributed by atoms with E-state index >= 15 is 0 Å². The molecule has 0 unspecified atom stereocenters. The van der Waals surface area contributed by atoms with Crippen LogP contribution < -0.4 is 4.74 Å². The van der Waals surface area contributed by atoms with Gasteiger partial charge >= 0.3 is 0 Å². The van der Waals surface area contributed by atoms with Gasteiger partial charge in [-0.05, 0) is 43.5 Å². The first-order chi connectivity index (χ1) is 6.69. The van der Waals surface area contributed by atoms with Gasteiger partial charge in [0.05, 0.1) is 6.61 Å². The second-order valence-corrected chi connectivity index (χ2v) is 4.57. The molecule has 1 aromatic carbocycles. The predicted molar refractivity (Wildman–Crippen MR) is 67.4 cm³/mol. The molecule has 0 saturated heterocycles. The maximum atomic E-state index is 5.52. The lowest BCUT2D eigenvalue weighted by atomic mass is 10.1. The minimum atomic E-state index is 0.723. The van der Waals surface area contributed by atoms with Crippen LogP contribution in [0.2, 0.25) is 0 Å². The third kappa shape index (κ3) is 2.85. The summed E-state index contributed by atoms with van der Waals surface area (Å²) in [6, 6.07) is 4.29. The molecule has 0 aliphatic rings. The van der Waals surface area contributed by atoms with Gasteiger partial charge in [0, 0.05) is 5.75 Å². The molecule has 14 heavy (non-hydrogen) atoms. The van der Waals surface area contributed by atoms with E-state index in [1.165, 1.54) is 16.7 Å². The lowest BCUT2D eigenvalue weighted by Crippen LogP contribution is -1.96. The highest BCUT2D eigenvalue weighted by atomic mass is 33.1. The quantitative estimate of drug-likeness (QED) is 0.620. The Morgan fingerprint density at radius 2 is 2.00 bits per heavy atom. The van der Waals surface area contributed by atoms with Crippen molar-refractivity contribution in [1.29, 1.82) is 0 Å². The maximum absolute atomic E-state index is 5.52. The average molecular weight is 228 g/mol. The minimum absolute atomic E-state index is 0.723. The molecule has 0 amide bonds. The molecule has 0 saturated carbocycles. The predicted octanol–water partition coefficient (Wildman–Crippen LogP) is 3.78. The third-order valence-electron chi connectivity index (χ3n) is 2.15. The van der Waals surface area contributed by atoms with Crippen LogP contribution in [0.4, 0.5) is 0 Å². The molecule has 3 heteroatoms. The Balaban J connectivity index is 2.97. The second kappa shape index (κ2) is 5.56. The van der Waals surface area contributed by atoms with Crippen molar-refractivity contribution in [3.63, 3.8) is 0 Å². The Morgan fingerprint density at radius 1 is 1.29 bits per heavy atom. The van der Waals surface area contributed by atoms with Crippen molar-refractivity contribution in [3.05, 3.63) is 28.8 Å². The maximum Gasteiger partial charge on any atom is 0.122 e. The first-order valence-electron chi connectivity index (χ1n) is 4.68. The van der Waals surface area contributed by atoms with Crippen LogP contribution >= 0.6 is 22.5 Å². The molecule has 1 aromatic rings. The van der Waals surface area contributed by atoms with Gasteiger partial charge in [0.25, 0.3) is 0 Å². The third-order valence-corrected chi connectivity index (χ3v) is 2.98. The molecule has 0 bridgehead atoms. The van der Waals surface area contributed by atoms with Gasteiger partial charge in [-0.2, -0.15) is 0 Å². The number of hydrogen-bond donors (Lipinski definition) is 1. The van der Waals surface area contributed by atoms with Gasteiger partial charge in [-0.25, -0.2) is 0 Å². The minimum Gasteiger partial charge on any atom is -0.494 e. The Morgan fingerprint density at radius 3 is 2.57 bits per heavy atom. The van der Waals surface area contributed by atoms with E-state index in [9.17, 15) is 0 Å². The monoisotopic (exact) mass is 228 g/mol. The second-order valence-electron chi connectivity index (χ2n) is 3.25. The summed E-state index contributed by atoms with van der Waals surface area (Å²) in [7, 11) is 1.55. The highest BCUT2D eigenvalue weighted by Crippen LogP contribution is 2.26. The number of hydrogen-bond acceptors (Lipinski definition) is 3. The summed E-state index contributed by atoms with van der Waals surface area (Å²) in [6.07, 6.45) is 0. The molecular weight excluding hydrogens is 212 g/mol.